The van der Waals surface area contributed by atoms with Gasteiger partial charge in [-0.2, -0.15) is 0 Å². The van der Waals surface area contributed by atoms with Crippen molar-refractivity contribution in [3.63, 3.8) is 0 Å². The molecule has 0 amide bonds. The fraction of sp³-hybridized carbons (Fsp3) is 0.357. The number of benzene rings is 1. The lowest BCUT2D eigenvalue weighted by atomic mass is 9.92. The van der Waals surface area contributed by atoms with Crippen molar-refractivity contribution in [2.45, 2.75) is 32.2 Å². The second-order valence-electron chi connectivity index (χ2n) is 6.00. The van der Waals surface area contributed by atoms with E-state index < -0.39 is 13.9 Å². The van der Waals surface area contributed by atoms with E-state index in [0.29, 0.717) is 15.6 Å². The number of rotatable bonds is 3. The number of nitrogens with two attached hydrogens (primary N) is 1. The van der Waals surface area contributed by atoms with Gasteiger partial charge in [-0.1, -0.05) is 29.3 Å². The number of ether oxygens (including phenoxy) is 1. The van der Waals surface area contributed by atoms with Crippen LogP contribution in [0.5, 0.6) is 0 Å². The largest absolute Gasteiger partial charge is 0.538 e. The third-order valence-electron chi connectivity index (χ3n) is 3.06. The zero-order valence-electron chi connectivity index (χ0n) is 12.3. The predicted molar refractivity (Wildman–Crippen MR) is 85.6 cm³/mol. The van der Waals surface area contributed by atoms with Crippen LogP contribution in [0.25, 0.3) is 0 Å². The molecular weight excluding hydrogens is 329 g/mol. The van der Waals surface area contributed by atoms with Gasteiger partial charge in [0.05, 0.1) is 10.0 Å². The molecule has 0 saturated heterocycles. The first-order valence-electron chi connectivity index (χ1n) is 6.43. The van der Waals surface area contributed by atoms with Crippen LogP contribution in [0.2, 0.25) is 29.7 Å². The summed E-state index contributed by atoms with van der Waals surface area (Å²) in [5, 5.41) is 0.763. The average molecular weight is 346 g/mol. The highest BCUT2D eigenvalue weighted by molar-refractivity contribution is 6.70. The van der Waals surface area contributed by atoms with Gasteiger partial charge in [0, 0.05) is 5.56 Å². The third kappa shape index (κ3) is 3.05. The molecule has 2 N–H and O–H groups in total. The molecule has 4 nitrogen and oxygen atoms in total. The lowest BCUT2D eigenvalue weighted by Crippen LogP contribution is -2.34. The minimum absolute atomic E-state index is 0.0102. The molecule has 1 heterocycles. The van der Waals surface area contributed by atoms with Crippen LogP contribution in [-0.2, 0) is 19.6 Å². The number of hydrogen-bond acceptors (Lipinski definition) is 4. The van der Waals surface area contributed by atoms with Gasteiger partial charge < -0.3 is 14.9 Å². The minimum atomic E-state index is -1.98. The molecule has 0 aromatic heterocycles. The van der Waals surface area contributed by atoms with E-state index >= 15 is 0 Å². The molecule has 2 rings (SSSR count). The van der Waals surface area contributed by atoms with Crippen LogP contribution >= 0.6 is 23.2 Å². The Hall–Kier alpha value is -1.17. The van der Waals surface area contributed by atoms with Crippen LogP contribution in [0.3, 0.4) is 0 Å². The lowest BCUT2D eigenvalue weighted by Gasteiger charge is -2.24. The molecule has 0 aliphatic carbocycles. The second kappa shape index (κ2) is 5.23. The Balaban J connectivity index is 2.39. The first-order valence-corrected chi connectivity index (χ1v) is 10.6. The van der Waals surface area contributed by atoms with Gasteiger partial charge in [-0.15, -0.1) is 0 Å². The van der Waals surface area contributed by atoms with Gasteiger partial charge in [0.2, 0.25) is 25.7 Å². The number of carbonyl (C=O) groups is 1. The molecule has 0 radical (unpaired) electrons. The van der Waals surface area contributed by atoms with Gasteiger partial charge in [0.1, 0.15) is 0 Å². The molecule has 1 atom stereocenters. The smallest absolute Gasteiger partial charge is 0.249 e. The van der Waals surface area contributed by atoms with Gasteiger partial charge in [-0.25, -0.2) is 0 Å². The van der Waals surface area contributed by atoms with Crippen LogP contribution in [0.4, 0.5) is 0 Å². The number of hydrogen-bond donors (Lipinski definition) is 1. The highest BCUT2D eigenvalue weighted by Crippen LogP contribution is 2.40. The van der Waals surface area contributed by atoms with Crippen molar-refractivity contribution in [2.24, 2.45) is 5.73 Å². The topological polar surface area (TPSA) is 61.6 Å². The van der Waals surface area contributed by atoms with Crippen molar-refractivity contribution in [2.75, 3.05) is 0 Å². The zero-order chi connectivity index (χ0) is 16.0. The van der Waals surface area contributed by atoms with Crippen molar-refractivity contribution in [3.05, 3.63) is 45.5 Å². The molecule has 1 aliphatic heterocycles. The van der Waals surface area contributed by atoms with Gasteiger partial charge in [0.25, 0.3) is 0 Å². The Morgan fingerprint density at radius 2 is 1.86 bits per heavy atom. The molecule has 21 heavy (non-hydrogen) atoms. The Bertz CT molecular complexity index is 640. The summed E-state index contributed by atoms with van der Waals surface area (Å²) in [4.78, 5) is 12.7. The van der Waals surface area contributed by atoms with Crippen molar-refractivity contribution < 1.29 is 14.0 Å². The SMILES string of the molecule is CC1(c2ccc(Cl)c(Cl)c2)OC(N)=C(O[Si](C)(C)C)C1=O. The molecule has 1 aliphatic rings. The predicted octanol–water partition coefficient (Wildman–Crippen LogP) is 3.79. The van der Waals surface area contributed by atoms with E-state index in [4.69, 9.17) is 38.1 Å². The maximum absolute atomic E-state index is 12.7. The summed E-state index contributed by atoms with van der Waals surface area (Å²) >= 11 is 11.9. The molecule has 1 aromatic carbocycles. The van der Waals surface area contributed by atoms with E-state index in [2.05, 4.69) is 0 Å². The maximum Gasteiger partial charge on any atom is 0.249 e. The van der Waals surface area contributed by atoms with Crippen molar-refractivity contribution >= 4 is 37.3 Å². The first-order chi connectivity index (χ1) is 9.54. The molecule has 0 saturated carbocycles. The summed E-state index contributed by atoms with van der Waals surface area (Å²) in [7, 11) is -1.98. The maximum atomic E-state index is 12.7. The second-order valence-corrected chi connectivity index (χ2v) is 11.2. The fourth-order valence-corrected chi connectivity index (χ4v) is 3.13. The molecule has 0 bridgehead atoms. The molecule has 1 aromatic rings. The summed E-state index contributed by atoms with van der Waals surface area (Å²) in [6.45, 7) is 7.54. The number of ketones is 1. The summed E-state index contributed by atoms with van der Waals surface area (Å²) < 4.78 is 11.4. The monoisotopic (exact) mass is 345 g/mol. The molecule has 114 valence electrons. The fourth-order valence-electron chi connectivity index (χ4n) is 2.03. The zero-order valence-corrected chi connectivity index (χ0v) is 14.8. The van der Waals surface area contributed by atoms with E-state index in [9.17, 15) is 4.79 Å². The summed E-state index contributed by atoms with van der Waals surface area (Å²) in [6.07, 6.45) is 0. The number of halogens is 2. The van der Waals surface area contributed by atoms with Gasteiger partial charge >= 0.3 is 0 Å². The van der Waals surface area contributed by atoms with E-state index in [1.165, 1.54) is 0 Å². The Morgan fingerprint density at radius 1 is 1.24 bits per heavy atom. The van der Waals surface area contributed by atoms with Gasteiger partial charge in [-0.05, 0) is 38.7 Å². The third-order valence-corrected chi connectivity index (χ3v) is 4.61. The Morgan fingerprint density at radius 3 is 2.38 bits per heavy atom. The van der Waals surface area contributed by atoms with Crippen molar-refractivity contribution in [1.29, 1.82) is 0 Å². The van der Waals surface area contributed by atoms with E-state index in [-0.39, 0.29) is 17.4 Å². The Labute approximate surface area is 134 Å². The van der Waals surface area contributed by atoms with Crippen LogP contribution in [0, 0.1) is 0 Å². The molecule has 1 unspecified atom stereocenters. The molecule has 0 fully saturated rings. The summed E-state index contributed by atoms with van der Waals surface area (Å²) in [5.41, 5.74) is 5.17. The van der Waals surface area contributed by atoms with Crippen LogP contribution < -0.4 is 5.73 Å². The standard InChI is InChI=1S/C14H17Cl2NO3Si/c1-14(8-5-6-9(15)10(16)7-8)12(18)11(13(17)19-14)20-21(2,3)4/h5-7H,17H2,1-4H3. The van der Waals surface area contributed by atoms with Crippen LogP contribution in [-0.4, -0.2) is 14.1 Å². The minimum Gasteiger partial charge on any atom is -0.538 e. The number of carbonyl (C=O) groups excluding carboxylic acids is 1. The molecule has 7 heteroatoms. The quantitative estimate of drug-likeness (QED) is 0.846. The van der Waals surface area contributed by atoms with Crippen molar-refractivity contribution in [1.82, 2.24) is 0 Å². The Kier molecular flexibility index (Phi) is 4.03. The molecular formula is C14H17Cl2NO3Si. The average Bonchev–Trinajstić information content (AvgIpc) is 2.56. The molecule has 0 spiro atoms. The van der Waals surface area contributed by atoms with Gasteiger partial charge in [-0.3, -0.25) is 4.79 Å². The van der Waals surface area contributed by atoms with E-state index in [1.54, 1.807) is 25.1 Å². The van der Waals surface area contributed by atoms with Crippen LogP contribution in [0.1, 0.15) is 12.5 Å². The van der Waals surface area contributed by atoms with Gasteiger partial charge in [0.15, 0.2) is 5.60 Å². The number of Topliss-reactive ketones (excluding diaryl/α,β-unsaturated/α-hetero) is 1. The van der Waals surface area contributed by atoms with Crippen LogP contribution in [0.15, 0.2) is 29.8 Å². The van der Waals surface area contributed by atoms with E-state index in [1.807, 2.05) is 19.6 Å². The highest BCUT2D eigenvalue weighted by Gasteiger charge is 2.49. The summed E-state index contributed by atoms with van der Waals surface area (Å²) in [5.74, 6) is -0.195. The first kappa shape index (κ1) is 16.2. The lowest BCUT2D eigenvalue weighted by molar-refractivity contribution is -0.131. The van der Waals surface area contributed by atoms with Crippen molar-refractivity contribution in [3.8, 4) is 0 Å². The van der Waals surface area contributed by atoms with E-state index in [0.717, 1.165) is 0 Å². The highest BCUT2D eigenvalue weighted by atomic mass is 35.5. The normalized spacial score (nSPS) is 22.5. The summed E-state index contributed by atoms with van der Waals surface area (Å²) in [6, 6.07) is 4.91.